The normalized spacial score (nSPS) is 10.2. The number of halogens is 2. The summed E-state index contributed by atoms with van der Waals surface area (Å²) in [6.07, 6.45) is -2.68. The first-order chi connectivity index (χ1) is 6.52. The molecule has 0 aromatic carbocycles. The monoisotopic (exact) mass is 211 g/mol. The molecule has 1 amide bonds. The number of alkyl halides is 2. The first-order valence-corrected chi connectivity index (χ1v) is 3.86. The van der Waals surface area contributed by atoms with Gasteiger partial charge in [0.15, 0.2) is 0 Å². The number of amides is 1. The fourth-order valence-electron chi connectivity index (χ4n) is 0.600. The first-order valence-electron chi connectivity index (χ1n) is 3.86. The summed E-state index contributed by atoms with van der Waals surface area (Å²) in [6, 6.07) is 0. The first kappa shape index (κ1) is 12.8. The van der Waals surface area contributed by atoms with Crippen LogP contribution in [0.4, 0.5) is 8.78 Å². The zero-order valence-electron chi connectivity index (χ0n) is 7.33. The maximum atomic E-state index is 11.5. The second kappa shape index (κ2) is 7.19. The SMILES string of the molecule is O=C(O)CNC(=O)CCOCC(F)F. The number of hydrogen-bond donors (Lipinski definition) is 2. The van der Waals surface area contributed by atoms with Gasteiger partial charge in [0, 0.05) is 6.42 Å². The largest absolute Gasteiger partial charge is 0.480 e. The topological polar surface area (TPSA) is 75.6 Å². The Morgan fingerprint density at radius 3 is 2.57 bits per heavy atom. The predicted molar refractivity (Wildman–Crippen MR) is 42.1 cm³/mol. The molecule has 0 unspecified atom stereocenters. The van der Waals surface area contributed by atoms with E-state index in [-0.39, 0.29) is 13.0 Å². The van der Waals surface area contributed by atoms with Crippen molar-refractivity contribution < 1.29 is 28.2 Å². The van der Waals surface area contributed by atoms with Crippen molar-refractivity contribution >= 4 is 11.9 Å². The summed E-state index contributed by atoms with van der Waals surface area (Å²) in [5.74, 6) is -1.70. The molecule has 0 bridgehead atoms. The number of aliphatic carboxylic acids is 1. The minimum absolute atomic E-state index is 0.125. The van der Waals surface area contributed by atoms with Crippen molar-refractivity contribution in [1.82, 2.24) is 5.32 Å². The Hall–Kier alpha value is -1.24. The highest BCUT2D eigenvalue weighted by Crippen LogP contribution is 1.93. The van der Waals surface area contributed by atoms with Crippen LogP contribution in [0.1, 0.15) is 6.42 Å². The summed E-state index contributed by atoms with van der Waals surface area (Å²) < 4.78 is 27.4. The Morgan fingerprint density at radius 1 is 1.43 bits per heavy atom. The lowest BCUT2D eigenvalue weighted by molar-refractivity contribution is -0.138. The van der Waals surface area contributed by atoms with Crippen molar-refractivity contribution in [3.8, 4) is 0 Å². The molecule has 0 aliphatic rings. The number of hydrogen-bond acceptors (Lipinski definition) is 3. The van der Waals surface area contributed by atoms with Crippen LogP contribution >= 0.6 is 0 Å². The standard InChI is InChI=1S/C7H11F2NO4/c8-5(9)4-14-2-1-6(11)10-3-7(12)13/h5H,1-4H2,(H,10,11)(H,12,13). The van der Waals surface area contributed by atoms with E-state index in [1.54, 1.807) is 0 Å². The molecule has 0 spiro atoms. The highest BCUT2D eigenvalue weighted by Gasteiger charge is 2.05. The van der Waals surface area contributed by atoms with Crippen molar-refractivity contribution in [2.45, 2.75) is 12.8 Å². The zero-order chi connectivity index (χ0) is 11.0. The van der Waals surface area contributed by atoms with Crippen LogP contribution in [0.15, 0.2) is 0 Å². The van der Waals surface area contributed by atoms with E-state index in [2.05, 4.69) is 10.1 Å². The molecule has 0 saturated heterocycles. The number of ether oxygens (including phenoxy) is 1. The summed E-state index contributed by atoms with van der Waals surface area (Å²) in [5.41, 5.74) is 0. The zero-order valence-corrected chi connectivity index (χ0v) is 7.33. The second-order valence-corrected chi connectivity index (χ2v) is 2.39. The third-order valence-corrected chi connectivity index (χ3v) is 1.15. The summed E-state index contributed by atoms with van der Waals surface area (Å²) in [7, 11) is 0. The highest BCUT2D eigenvalue weighted by atomic mass is 19.3. The third kappa shape index (κ3) is 8.85. The lowest BCUT2D eigenvalue weighted by Crippen LogP contribution is -2.30. The van der Waals surface area contributed by atoms with Crippen molar-refractivity contribution in [2.75, 3.05) is 19.8 Å². The van der Waals surface area contributed by atoms with E-state index in [0.717, 1.165) is 0 Å². The van der Waals surface area contributed by atoms with Gasteiger partial charge in [-0.15, -0.1) is 0 Å². The maximum Gasteiger partial charge on any atom is 0.322 e. The van der Waals surface area contributed by atoms with E-state index in [1.807, 2.05) is 0 Å². The Bertz CT molecular complexity index is 198. The number of carboxylic acids is 1. The average molecular weight is 211 g/mol. The molecule has 0 fully saturated rings. The molecule has 2 N–H and O–H groups in total. The van der Waals surface area contributed by atoms with Gasteiger partial charge < -0.3 is 15.2 Å². The van der Waals surface area contributed by atoms with Gasteiger partial charge in [0.1, 0.15) is 13.2 Å². The van der Waals surface area contributed by atoms with Crippen molar-refractivity contribution in [1.29, 1.82) is 0 Å². The van der Waals surface area contributed by atoms with Crippen molar-refractivity contribution in [3.63, 3.8) is 0 Å². The maximum absolute atomic E-state index is 11.5. The van der Waals surface area contributed by atoms with E-state index in [1.165, 1.54) is 0 Å². The lowest BCUT2D eigenvalue weighted by Gasteiger charge is -2.03. The minimum Gasteiger partial charge on any atom is -0.480 e. The van der Waals surface area contributed by atoms with Crippen LogP contribution in [-0.4, -0.2) is 43.2 Å². The van der Waals surface area contributed by atoms with Crippen LogP contribution in [0.2, 0.25) is 0 Å². The van der Waals surface area contributed by atoms with Gasteiger partial charge in [0.05, 0.1) is 6.61 Å². The van der Waals surface area contributed by atoms with Crippen LogP contribution in [-0.2, 0) is 14.3 Å². The van der Waals surface area contributed by atoms with Gasteiger partial charge in [-0.05, 0) is 0 Å². The van der Waals surface area contributed by atoms with Gasteiger partial charge in [-0.3, -0.25) is 9.59 Å². The molecule has 82 valence electrons. The van der Waals surface area contributed by atoms with Gasteiger partial charge in [-0.25, -0.2) is 8.78 Å². The molecule has 0 aliphatic carbocycles. The van der Waals surface area contributed by atoms with Crippen LogP contribution in [0.25, 0.3) is 0 Å². The van der Waals surface area contributed by atoms with Crippen LogP contribution in [0.3, 0.4) is 0 Å². The molecule has 0 aromatic heterocycles. The van der Waals surface area contributed by atoms with Crippen molar-refractivity contribution in [2.24, 2.45) is 0 Å². The Labute approximate surface area is 79.0 Å². The van der Waals surface area contributed by atoms with Crippen molar-refractivity contribution in [3.05, 3.63) is 0 Å². The fraction of sp³-hybridized carbons (Fsp3) is 0.714. The van der Waals surface area contributed by atoms with E-state index >= 15 is 0 Å². The number of carbonyl (C=O) groups excluding carboxylic acids is 1. The van der Waals surface area contributed by atoms with Crippen LogP contribution in [0.5, 0.6) is 0 Å². The number of nitrogens with one attached hydrogen (secondary N) is 1. The number of carbonyl (C=O) groups is 2. The van der Waals surface area contributed by atoms with Crippen LogP contribution in [0, 0.1) is 0 Å². The van der Waals surface area contributed by atoms with Gasteiger partial charge in [-0.1, -0.05) is 0 Å². The molecular formula is C7H11F2NO4. The van der Waals surface area contributed by atoms with Gasteiger partial charge >= 0.3 is 5.97 Å². The number of carboxylic acid groups (broad SMARTS) is 1. The van der Waals surface area contributed by atoms with Gasteiger partial charge in [-0.2, -0.15) is 0 Å². The van der Waals surface area contributed by atoms with E-state index in [4.69, 9.17) is 5.11 Å². The molecule has 0 saturated carbocycles. The molecule has 5 nitrogen and oxygen atoms in total. The predicted octanol–water partition coefficient (Wildman–Crippen LogP) is -0.141. The van der Waals surface area contributed by atoms with E-state index in [9.17, 15) is 18.4 Å². The molecule has 0 heterocycles. The summed E-state index contributed by atoms with van der Waals surface area (Å²) >= 11 is 0. The molecule has 14 heavy (non-hydrogen) atoms. The average Bonchev–Trinajstić information content (AvgIpc) is 2.08. The molecular weight excluding hydrogens is 200 g/mol. The quantitative estimate of drug-likeness (QED) is 0.574. The molecule has 0 atom stereocenters. The molecule has 0 radical (unpaired) electrons. The van der Waals surface area contributed by atoms with Crippen LogP contribution < -0.4 is 5.32 Å². The fourth-order valence-corrected chi connectivity index (χ4v) is 0.600. The molecule has 0 rings (SSSR count). The molecule has 0 aliphatic heterocycles. The number of rotatable bonds is 7. The Balaban J connectivity index is 3.31. The smallest absolute Gasteiger partial charge is 0.322 e. The lowest BCUT2D eigenvalue weighted by atomic mass is 10.4. The highest BCUT2D eigenvalue weighted by molar-refractivity contribution is 5.81. The summed E-state index contributed by atoms with van der Waals surface area (Å²) in [6.45, 7) is -1.34. The second-order valence-electron chi connectivity index (χ2n) is 2.39. The van der Waals surface area contributed by atoms with E-state index in [0.29, 0.717) is 0 Å². The van der Waals surface area contributed by atoms with E-state index < -0.39 is 31.5 Å². The van der Waals surface area contributed by atoms with Gasteiger partial charge in [0.2, 0.25) is 5.91 Å². The summed E-state index contributed by atoms with van der Waals surface area (Å²) in [4.78, 5) is 20.7. The summed E-state index contributed by atoms with van der Waals surface area (Å²) in [5, 5.41) is 10.2. The Kier molecular flexibility index (Phi) is 6.55. The minimum atomic E-state index is -2.56. The molecule has 0 aromatic rings. The molecule has 7 heteroatoms. The van der Waals surface area contributed by atoms with Gasteiger partial charge in [0.25, 0.3) is 6.43 Å². The Morgan fingerprint density at radius 2 is 2.07 bits per heavy atom. The third-order valence-electron chi connectivity index (χ3n) is 1.15.